The van der Waals surface area contributed by atoms with E-state index in [4.69, 9.17) is 19.9 Å². The van der Waals surface area contributed by atoms with E-state index in [2.05, 4.69) is 4.98 Å². The summed E-state index contributed by atoms with van der Waals surface area (Å²) in [4.78, 5) is 15.3. The molecule has 4 rings (SSSR count). The maximum atomic E-state index is 13.6. The van der Waals surface area contributed by atoms with Gasteiger partial charge in [0.2, 0.25) is 0 Å². The molecule has 0 aliphatic carbocycles. The van der Waals surface area contributed by atoms with Gasteiger partial charge in [-0.05, 0) is 36.4 Å². The fraction of sp³-hybridized carbons (Fsp3) is 0.250. The van der Waals surface area contributed by atoms with E-state index in [9.17, 15) is 9.18 Å². The topological polar surface area (TPSA) is 86.6 Å². The Morgan fingerprint density at radius 3 is 2.70 bits per heavy atom. The van der Waals surface area contributed by atoms with Crippen LogP contribution in [0.15, 0.2) is 41.2 Å². The number of aromatic nitrogens is 1. The van der Waals surface area contributed by atoms with Crippen molar-refractivity contribution in [3.8, 4) is 28.5 Å². The van der Waals surface area contributed by atoms with Gasteiger partial charge in [-0.1, -0.05) is 0 Å². The summed E-state index contributed by atoms with van der Waals surface area (Å²) in [5, 5.41) is 0.746. The van der Waals surface area contributed by atoms with Crippen molar-refractivity contribution in [2.45, 2.75) is 6.42 Å². The predicted molar refractivity (Wildman–Crippen MR) is 100 cm³/mol. The number of H-pyrrole nitrogens is 1. The number of halogens is 1. The molecule has 0 amide bonds. The zero-order chi connectivity index (χ0) is 18.8. The fourth-order valence-corrected chi connectivity index (χ4v) is 3.11. The van der Waals surface area contributed by atoms with Crippen molar-refractivity contribution in [2.24, 2.45) is 5.73 Å². The zero-order valence-electron chi connectivity index (χ0n) is 14.6. The van der Waals surface area contributed by atoms with Crippen LogP contribution in [0.5, 0.6) is 17.2 Å². The minimum Gasteiger partial charge on any atom is -0.490 e. The zero-order valence-corrected chi connectivity index (χ0v) is 14.6. The molecule has 0 saturated carbocycles. The Bertz CT molecular complexity index is 1050. The Morgan fingerprint density at radius 2 is 1.89 bits per heavy atom. The molecule has 140 valence electrons. The van der Waals surface area contributed by atoms with Gasteiger partial charge in [-0.3, -0.25) is 4.79 Å². The SMILES string of the molecule is NCCOc1c(-c2ccc3c(c2)OCCCO3)[nH]c(=O)c2cc(F)ccc12. The molecule has 0 spiro atoms. The van der Waals surface area contributed by atoms with E-state index < -0.39 is 11.4 Å². The first-order chi connectivity index (χ1) is 13.2. The number of nitrogens with one attached hydrogen (secondary N) is 1. The fourth-order valence-electron chi connectivity index (χ4n) is 3.11. The summed E-state index contributed by atoms with van der Waals surface area (Å²) in [7, 11) is 0. The van der Waals surface area contributed by atoms with E-state index in [1.807, 2.05) is 6.07 Å². The molecule has 27 heavy (non-hydrogen) atoms. The highest BCUT2D eigenvalue weighted by atomic mass is 19.1. The molecule has 0 radical (unpaired) electrons. The lowest BCUT2D eigenvalue weighted by molar-refractivity contribution is 0.297. The van der Waals surface area contributed by atoms with Crippen molar-refractivity contribution in [1.29, 1.82) is 0 Å². The third kappa shape index (κ3) is 3.33. The number of hydrogen-bond donors (Lipinski definition) is 2. The van der Waals surface area contributed by atoms with Gasteiger partial charge in [0.15, 0.2) is 17.2 Å². The summed E-state index contributed by atoms with van der Waals surface area (Å²) in [5.74, 6) is 1.23. The van der Waals surface area contributed by atoms with Crippen molar-refractivity contribution < 1.29 is 18.6 Å². The molecule has 0 unspecified atom stereocenters. The molecule has 0 atom stereocenters. The van der Waals surface area contributed by atoms with Crippen LogP contribution in [0, 0.1) is 5.82 Å². The summed E-state index contributed by atoms with van der Waals surface area (Å²) in [5.41, 5.74) is 6.37. The highest BCUT2D eigenvalue weighted by molar-refractivity contribution is 5.93. The number of benzene rings is 2. The standard InChI is InChI=1S/C20H19FN2O4/c21-13-3-4-14-15(11-13)20(24)23-18(19(14)27-9-6-22)12-2-5-16-17(10-12)26-8-1-7-25-16/h2-5,10-11H,1,6-9,22H2,(H,23,24). The second-order valence-corrected chi connectivity index (χ2v) is 6.20. The maximum absolute atomic E-state index is 13.6. The van der Waals surface area contributed by atoms with Crippen LogP contribution in [0.25, 0.3) is 22.0 Å². The van der Waals surface area contributed by atoms with Crippen LogP contribution < -0.4 is 25.5 Å². The van der Waals surface area contributed by atoms with Gasteiger partial charge in [-0.25, -0.2) is 4.39 Å². The molecule has 2 heterocycles. The largest absolute Gasteiger partial charge is 0.490 e. The molecule has 0 bridgehead atoms. The highest BCUT2D eigenvalue weighted by Gasteiger charge is 2.18. The van der Waals surface area contributed by atoms with Gasteiger partial charge in [0.1, 0.15) is 12.4 Å². The van der Waals surface area contributed by atoms with Crippen LogP contribution in [0.4, 0.5) is 4.39 Å². The smallest absolute Gasteiger partial charge is 0.256 e. The summed E-state index contributed by atoms with van der Waals surface area (Å²) in [6, 6.07) is 9.46. The predicted octanol–water partition coefficient (Wildman–Crippen LogP) is 2.83. The first kappa shape index (κ1) is 17.4. The second kappa shape index (κ2) is 7.28. The van der Waals surface area contributed by atoms with Crippen molar-refractivity contribution >= 4 is 10.8 Å². The average Bonchev–Trinajstić information content (AvgIpc) is 2.92. The van der Waals surface area contributed by atoms with Gasteiger partial charge in [0.05, 0.1) is 24.3 Å². The van der Waals surface area contributed by atoms with Crippen LogP contribution in [-0.2, 0) is 0 Å². The molecule has 1 aliphatic rings. The monoisotopic (exact) mass is 370 g/mol. The van der Waals surface area contributed by atoms with Crippen molar-refractivity contribution in [3.05, 3.63) is 52.6 Å². The lowest BCUT2D eigenvalue weighted by Gasteiger charge is -2.15. The summed E-state index contributed by atoms with van der Waals surface area (Å²) < 4.78 is 30.8. The normalized spacial score (nSPS) is 13.4. The van der Waals surface area contributed by atoms with Crippen molar-refractivity contribution in [2.75, 3.05) is 26.4 Å². The quantitative estimate of drug-likeness (QED) is 0.738. The summed E-state index contributed by atoms with van der Waals surface area (Å²) in [6.07, 6.45) is 0.799. The lowest BCUT2D eigenvalue weighted by atomic mass is 10.0. The summed E-state index contributed by atoms with van der Waals surface area (Å²) in [6.45, 7) is 1.72. The average molecular weight is 370 g/mol. The van der Waals surface area contributed by atoms with E-state index >= 15 is 0 Å². The first-order valence-corrected chi connectivity index (χ1v) is 8.76. The Hall–Kier alpha value is -3.06. The van der Waals surface area contributed by atoms with Gasteiger partial charge in [-0.15, -0.1) is 0 Å². The molecule has 0 saturated heterocycles. The van der Waals surface area contributed by atoms with Crippen molar-refractivity contribution in [3.63, 3.8) is 0 Å². The molecule has 2 aromatic carbocycles. The molecule has 6 nitrogen and oxygen atoms in total. The number of nitrogens with two attached hydrogens (primary N) is 1. The molecule has 3 aromatic rings. The number of aromatic amines is 1. The van der Waals surface area contributed by atoms with Crippen LogP contribution in [0.1, 0.15) is 6.42 Å². The number of hydrogen-bond acceptors (Lipinski definition) is 5. The Morgan fingerprint density at radius 1 is 1.07 bits per heavy atom. The number of ether oxygens (including phenoxy) is 3. The third-order valence-electron chi connectivity index (χ3n) is 4.34. The Balaban J connectivity index is 1.91. The Labute approximate surface area is 154 Å². The minimum absolute atomic E-state index is 0.222. The molecular weight excluding hydrogens is 351 g/mol. The van der Waals surface area contributed by atoms with E-state index in [0.717, 1.165) is 6.42 Å². The minimum atomic E-state index is -0.485. The van der Waals surface area contributed by atoms with Crippen LogP contribution >= 0.6 is 0 Å². The van der Waals surface area contributed by atoms with Crippen molar-refractivity contribution in [1.82, 2.24) is 4.98 Å². The van der Waals surface area contributed by atoms with E-state index in [0.29, 0.717) is 53.7 Å². The number of rotatable bonds is 4. The number of fused-ring (bicyclic) bond motifs is 2. The highest BCUT2D eigenvalue weighted by Crippen LogP contribution is 2.38. The molecule has 1 aliphatic heterocycles. The van der Waals surface area contributed by atoms with Gasteiger partial charge in [0.25, 0.3) is 5.56 Å². The van der Waals surface area contributed by atoms with Crippen LogP contribution in [-0.4, -0.2) is 31.3 Å². The van der Waals surface area contributed by atoms with E-state index in [1.165, 1.54) is 18.2 Å². The van der Waals surface area contributed by atoms with Gasteiger partial charge in [0, 0.05) is 23.9 Å². The van der Waals surface area contributed by atoms with Crippen LogP contribution in [0.2, 0.25) is 0 Å². The first-order valence-electron chi connectivity index (χ1n) is 8.76. The second-order valence-electron chi connectivity index (χ2n) is 6.20. The van der Waals surface area contributed by atoms with Gasteiger partial charge >= 0.3 is 0 Å². The molecule has 3 N–H and O–H groups in total. The van der Waals surface area contributed by atoms with E-state index in [1.54, 1.807) is 12.1 Å². The molecule has 1 aromatic heterocycles. The molecule has 7 heteroatoms. The lowest BCUT2D eigenvalue weighted by Crippen LogP contribution is -2.15. The molecule has 0 fully saturated rings. The Kier molecular flexibility index (Phi) is 4.68. The maximum Gasteiger partial charge on any atom is 0.256 e. The van der Waals surface area contributed by atoms with Crippen LogP contribution in [0.3, 0.4) is 0 Å². The molecular formula is C20H19FN2O4. The van der Waals surface area contributed by atoms with Gasteiger partial charge < -0.3 is 24.9 Å². The van der Waals surface area contributed by atoms with E-state index in [-0.39, 0.29) is 12.0 Å². The number of pyridine rings is 1. The third-order valence-corrected chi connectivity index (χ3v) is 4.34. The van der Waals surface area contributed by atoms with Gasteiger partial charge in [-0.2, -0.15) is 0 Å². The summed E-state index contributed by atoms with van der Waals surface area (Å²) >= 11 is 0.